The summed E-state index contributed by atoms with van der Waals surface area (Å²) >= 11 is 12.2. The molecule has 5 N–H and O–H groups in total. The summed E-state index contributed by atoms with van der Waals surface area (Å²) in [6, 6.07) is 23.9. The molecule has 0 saturated heterocycles. The number of carbonyl (C=O) groups excluding carboxylic acids is 3. The first-order chi connectivity index (χ1) is 27.7. The van der Waals surface area contributed by atoms with Gasteiger partial charge in [0.15, 0.2) is 0 Å². The monoisotopic (exact) mass is 1080 g/mol. The number of esters is 2. The summed E-state index contributed by atoms with van der Waals surface area (Å²) in [4.78, 5) is 53.2. The summed E-state index contributed by atoms with van der Waals surface area (Å²) in [6.07, 6.45) is 6.33. The van der Waals surface area contributed by atoms with Crippen LogP contribution >= 0.6 is 43.6 Å². The van der Waals surface area contributed by atoms with Crippen LogP contribution in [0.1, 0.15) is 70.7 Å². The molecule has 0 spiro atoms. The van der Waals surface area contributed by atoms with E-state index in [2.05, 4.69) is 53.3 Å². The van der Waals surface area contributed by atoms with Crippen LogP contribution in [0, 0.1) is 0 Å². The molecular weight excluding hydrogens is 1020 g/mol. The molecule has 0 aromatic heterocycles. The number of hydrogen-bond acceptors (Lipinski definition) is 10. The van der Waals surface area contributed by atoms with Crippen molar-refractivity contribution in [2.24, 2.45) is 0 Å². The van der Waals surface area contributed by atoms with Gasteiger partial charge in [0.2, 0.25) is 0 Å². The SMILES string of the molecule is C=CC(=O)OCC.CC(=O)O.CC(=O)O.CC(C)(C)OC(=O)NCCc1cccc(Br)c1.CCOC(=O)/C=C\c1cccc(CCNCl)c1.OCCc1cccc(Br)c1.[Pd]. The average molecular weight is 1080 g/mol. The number of hydrogen-bond donors (Lipinski definition) is 5. The molecule has 0 aliphatic heterocycles. The summed E-state index contributed by atoms with van der Waals surface area (Å²) in [5.41, 5.74) is 4.04. The van der Waals surface area contributed by atoms with E-state index in [0.29, 0.717) is 26.3 Å². The van der Waals surface area contributed by atoms with Gasteiger partial charge < -0.3 is 34.8 Å². The molecule has 0 bridgehead atoms. The molecule has 0 heterocycles. The van der Waals surface area contributed by atoms with E-state index in [1.807, 2.05) is 93.6 Å². The van der Waals surface area contributed by atoms with Gasteiger partial charge in [-0.3, -0.25) is 9.59 Å². The number of nitrogens with one attached hydrogen (secondary N) is 2. The van der Waals surface area contributed by atoms with Gasteiger partial charge in [-0.25, -0.2) is 19.2 Å². The van der Waals surface area contributed by atoms with Gasteiger partial charge in [-0.05, 0) is 118 Å². The number of halogens is 3. The van der Waals surface area contributed by atoms with E-state index in [1.165, 1.54) is 17.2 Å². The number of rotatable bonds is 13. The summed E-state index contributed by atoms with van der Waals surface area (Å²) in [5, 5.41) is 26.2. The predicted molar refractivity (Wildman–Crippen MR) is 240 cm³/mol. The van der Waals surface area contributed by atoms with Gasteiger partial charge in [0.05, 0.1) is 13.2 Å². The maximum atomic E-state index is 11.4. The van der Waals surface area contributed by atoms with E-state index in [4.69, 9.17) is 46.2 Å². The molecule has 0 aliphatic rings. The molecular formula is C43H59Br2ClN2O11Pd. The topological polar surface area (TPSA) is 198 Å². The van der Waals surface area contributed by atoms with Crippen molar-refractivity contribution in [2.45, 2.75) is 73.3 Å². The Balaban J connectivity index is -0.000000339. The normalized spacial score (nSPS) is 9.52. The number of aliphatic carboxylic acids is 2. The Kier molecular flexibility index (Phi) is 42.4. The third-order valence-electron chi connectivity index (χ3n) is 5.87. The number of benzene rings is 3. The van der Waals surface area contributed by atoms with Gasteiger partial charge in [0, 0.05) is 75.1 Å². The molecule has 0 aliphatic carbocycles. The molecule has 0 atom stereocenters. The fourth-order valence-corrected chi connectivity index (χ4v) is 4.72. The van der Waals surface area contributed by atoms with Crippen LogP contribution in [0.4, 0.5) is 4.79 Å². The maximum Gasteiger partial charge on any atom is 0.407 e. The Morgan fingerprint density at radius 2 is 1.18 bits per heavy atom. The predicted octanol–water partition coefficient (Wildman–Crippen LogP) is 8.96. The minimum absolute atomic E-state index is 0. The first kappa shape index (κ1) is 62.8. The minimum atomic E-state index is -0.833. The molecule has 3 rings (SSSR count). The zero-order valence-electron chi connectivity index (χ0n) is 35.1. The van der Waals surface area contributed by atoms with Crippen molar-refractivity contribution < 1.29 is 73.9 Å². The molecule has 17 heteroatoms. The number of carboxylic acid groups (broad SMARTS) is 2. The number of amides is 1. The van der Waals surface area contributed by atoms with Crippen molar-refractivity contribution in [1.82, 2.24) is 10.2 Å². The molecule has 338 valence electrons. The van der Waals surface area contributed by atoms with Crippen LogP contribution in [0.15, 0.2) is 100 Å². The van der Waals surface area contributed by atoms with Crippen LogP contribution in [0.5, 0.6) is 0 Å². The van der Waals surface area contributed by atoms with Crippen molar-refractivity contribution in [3.63, 3.8) is 0 Å². The van der Waals surface area contributed by atoms with Crippen molar-refractivity contribution in [3.8, 4) is 0 Å². The number of alkyl carbamates (subject to hydrolysis) is 1. The third kappa shape index (κ3) is 46.8. The molecule has 13 nitrogen and oxygen atoms in total. The van der Waals surface area contributed by atoms with Gasteiger partial charge in [0.25, 0.3) is 11.9 Å². The largest absolute Gasteiger partial charge is 0.481 e. The number of ether oxygens (including phenoxy) is 3. The fraction of sp³-hybridized carbons (Fsp3) is 0.372. The van der Waals surface area contributed by atoms with Crippen molar-refractivity contribution in [2.75, 3.05) is 32.9 Å². The fourth-order valence-electron chi connectivity index (χ4n) is 3.74. The smallest absolute Gasteiger partial charge is 0.407 e. The van der Waals surface area contributed by atoms with Crippen LogP contribution in [0.2, 0.25) is 0 Å². The van der Waals surface area contributed by atoms with E-state index in [9.17, 15) is 14.4 Å². The van der Waals surface area contributed by atoms with Crippen molar-refractivity contribution in [1.29, 1.82) is 0 Å². The Labute approximate surface area is 390 Å². The molecule has 0 fully saturated rings. The van der Waals surface area contributed by atoms with E-state index in [0.717, 1.165) is 59.3 Å². The number of aliphatic hydroxyl groups excluding tert-OH is 1. The molecule has 1 amide bonds. The van der Waals surface area contributed by atoms with E-state index in [1.54, 1.807) is 19.9 Å². The Morgan fingerprint density at radius 3 is 1.58 bits per heavy atom. The second-order valence-electron chi connectivity index (χ2n) is 12.4. The summed E-state index contributed by atoms with van der Waals surface area (Å²) in [5.74, 6) is -2.34. The molecule has 60 heavy (non-hydrogen) atoms. The Hall–Kier alpha value is -3.88. The van der Waals surface area contributed by atoms with Crippen LogP contribution in [-0.2, 0) is 73.1 Å². The van der Waals surface area contributed by atoms with Gasteiger partial charge in [-0.2, -0.15) is 0 Å². The Morgan fingerprint density at radius 1 is 0.750 bits per heavy atom. The van der Waals surface area contributed by atoms with E-state index >= 15 is 0 Å². The van der Waals surface area contributed by atoms with Crippen LogP contribution < -0.4 is 10.2 Å². The number of carbonyl (C=O) groups is 5. The van der Waals surface area contributed by atoms with Gasteiger partial charge in [-0.15, -0.1) is 0 Å². The van der Waals surface area contributed by atoms with E-state index in [-0.39, 0.29) is 45.1 Å². The van der Waals surface area contributed by atoms with Crippen molar-refractivity contribution >= 4 is 79.7 Å². The van der Waals surface area contributed by atoms with Crippen LogP contribution in [-0.4, -0.2) is 83.8 Å². The van der Waals surface area contributed by atoms with Gasteiger partial charge in [-0.1, -0.05) is 87.0 Å². The first-order valence-electron chi connectivity index (χ1n) is 18.2. The number of carboxylic acids is 2. The maximum absolute atomic E-state index is 11.4. The molecule has 0 unspecified atom stereocenters. The molecule has 0 radical (unpaired) electrons. The quantitative estimate of drug-likeness (QED) is 0.0359. The van der Waals surface area contributed by atoms with Gasteiger partial charge in [0.1, 0.15) is 5.60 Å². The summed E-state index contributed by atoms with van der Waals surface area (Å²) in [7, 11) is 0. The van der Waals surface area contributed by atoms with E-state index < -0.39 is 17.5 Å². The minimum Gasteiger partial charge on any atom is -0.481 e. The molecule has 0 saturated carbocycles. The second kappa shape index (κ2) is 40.5. The standard InChI is InChI=1S/C13H18BrNO2.C13H16ClNO2.C8H9BrO.C5H8O2.2C2H4O2.Pd/c1-13(2,3)17-12(16)15-8-7-10-5-4-6-11(14)9-10;1-2-17-13(16)7-6-11-4-3-5-12(10-11)8-9-15-14;9-8-3-1-2-7(6-8)4-5-10;1-3-5(6)7-4-2;2*1-2(3)4;/h4-6,9H,7-8H2,1-3H3,(H,15,16);3-7,10,15H,2,8-9H2,1H3;1-3,6,10H,4-5H2;3H,1,4H2,2H3;2*1H3,(H,3,4);/b;7-6-;;;;;. The average Bonchev–Trinajstić information content (AvgIpc) is 3.13. The van der Waals surface area contributed by atoms with Crippen LogP contribution in [0.3, 0.4) is 0 Å². The molecule has 3 aromatic rings. The zero-order chi connectivity index (χ0) is 45.6. The third-order valence-corrected chi connectivity index (χ3v) is 7.05. The second-order valence-corrected chi connectivity index (χ2v) is 14.5. The van der Waals surface area contributed by atoms with Gasteiger partial charge >= 0.3 is 18.0 Å². The first-order valence-corrected chi connectivity index (χ1v) is 20.2. The Bertz CT molecular complexity index is 1670. The summed E-state index contributed by atoms with van der Waals surface area (Å²) < 4.78 is 16.5. The summed E-state index contributed by atoms with van der Waals surface area (Å²) in [6.45, 7) is 16.8. The van der Waals surface area contributed by atoms with Crippen LogP contribution in [0.25, 0.3) is 6.08 Å². The molecule has 3 aromatic carbocycles. The van der Waals surface area contributed by atoms with Crippen molar-refractivity contribution in [3.05, 3.63) is 123 Å². The zero-order valence-corrected chi connectivity index (χ0v) is 40.6. The number of aliphatic hydroxyl groups is 1.